The first-order valence-corrected chi connectivity index (χ1v) is 6.60. The van der Waals surface area contributed by atoms with Crippen LogP contribution in [0.25, 0.3) is 0 Å². The molecule has 4 nitrogen and oxygen atoms in total. The Bertz CT molecular complexity index is 422. The Hall–Kier alpha value is -1.00. The van der Waals surface area contributed by atoms with Crippen molar-refractivity contribution in [2.45, 2.75) is 51.7 Å². The standard InChI is InChI=1S/C14H22N2O2/c1-10-5-4-6-14(8-10,18-3)13-15-11(2)7-12(9-17)16-13/h7,10,17H,4-6,8-9H2,1-3H3. The number of ether oxygens (including phenoxy) is 1. The highest BCUT2D eigenvalue weighted by atomic mass is 16.5. The minimum atomic E-state index is -0.367. The second-order valence-electron chi connectivity index (χ2n) is 5.38. The zero-order valence-corrected chi connectivity index (χ0v) is 11.4. The lowest BCUT2D eigenvalue weighted by molar-refractivity contribution is -0.0649. The third-order valence-electron chi connectivity index (χ3n) is 3.82. The van der Waals surface area contributed by atoms with Crippen LogP contribution in [0, 0.1) is 12.8 Å². The molecule has 1 aliphatic rings. The summed E-state index contributed by atoms with van der Waals surface area (Å²) < 4.78 is 5.78. The fourth-order valence-electron chi connectivity index (χ4n) is 2.90. The average Bonchev–Trinajstić information content (AvgIpc) is 2.37. The molecule has 0 aliphatic heterocycles. The van der Waals surface area contributed by atoms with Gasteiger partial charge >= 0.3 is 0 Å². The summed E-state index contributed by atoms with van der Waals surface area (Å²) in [6.07, 6.45) is 4.30. The number of rotatable bonds is 3. The maximum absolute atomic E-state index is 9.26. The summed E-state index contributed by atoms with van der Waals surface area (Å²) in [7, 11) is 1.74. The van der Waals surface area contributed by atoms with E-state index >= 15 is 0 Å². The first-order valence-electron chi connectivity index (χ1n) is 6.60. The van der Waals surface area contributed by atoms with Crippen LogP contribution in [-0.2, 0) is 16.9 Å². The van der Waals surface area contributed by atoms with Crippen molar-refractivity contribution in [1.82, 2.24) is 9.97 Å². The van der Waals surface area contributed by atoms with Crippen LogP contribution in [0.1, 0.15) is 49.8 Å². The van der Waals surface area contributed by atoms with Crippen LogP contribution in [0.2, 0.25) is 0 Å². The number of hydrogen-bond donors (Lipinski definition) is 1. The second-order valence-corrected chi connectivity index (χ2v) is 5.38. The van der Waals surface area contributed by atoms with Crippen molar-refractivity contribution in [2.75, 3.05) is 7.11 Å². The fourth-order valence-corrected chi connectivity index (χ4v) is 2.90. The molecular weight excluding hydrogens is 228 g/mol. The number of hydrogen-bond acceptors (Lipinski definition) is 4. The van der Waals surface area contributed by atoms with E-state index in [1.54, 1.807) is 7.11 Å². The van der Waals surface area contributed by atoms with Gasteiger partial charge in [0, 0.05) is 12.8 Å². The van der Waals surface area contributed by atoms with Gasteiger partial charge in [0.15, 0.2) is 5.82 Å². The van der Waals surface area contributed by atoms with E-state index in [2.05, 4.69) is 16.9 Å². The van der Waals surface area contributed by atoms with Gasteiger partial charge in [0.05, 0.1) is 12.3 Å². The SMILES string of the molecule is COC1(c2nc(C)cc(CO)n2)CCCC(C)C1. The van der Waals surface area contributed by atoms with Gasteiger partial charge in [-0.15, -0.1) is 0 Å². The maximum atomic E-state index is 9.26. The third-order valence-corrected chi connectivity index (χ3v) is 3.82. The lowest BCUT2D eigenvalue weighted by Crippen LogP contribution is -2.36. The van der Waals surface area contributed by atoms with E-state index in [1.165, 1.54) is 6.42 Å². The average molecular weight is 250 g/mol. The molecule has 0 radical (unpaired) electrons. The Balaban J connectivity index is 2.40. The topological polar surface area (TPSA) is 55.2 Å². The first kappa shape index (κ1) is 13.4. The summed E-state index contributed by atoms with van der Waals surface area (Å²) in [6.45, 7) is 4.13. The zero-order valence-electron chi connectivity index (χ0n) is 11.4. The molecule has 0 aromatic carbocycles. The molecule has 4 heteroatoms. The van der Waals surface area contributed by atoms with Gasteiger partial charge in [-0.2, -0.15) is 0 Å². The maximum Gasteiger partial charge on any atom is 0.160 e. The Morgan fingerprint density at radius 2 is 2.28 bits per heavy atom. The van der Waals surface area contributed by atoms with Crippen LogP contribution in [0.5, 0.6) is 0 Å². The predicted molar refractivity (Wildman–Crippen MR) is 69.0 cm³/mol. The molecule has 0 spiro atoms. The van der Waals surface area contributed by atoms with E-state index in [0.717, 1.165) is 30.8 Å². The van der Waals surface area contributed by atoms with E-state index in [-0.39, 0.29) is 12.2 Å². The number of aliphatic hydroxyl groups excluding tert-OH is 1. The number of aliphatic hydroxyl groups is 1. The molecule has 1 heterocycles. The molecule has 1 aromatic rings. The molecule has 1 N–H and O–H groups in total. The molecule has 0 saturated heterocycles. The fraction of sp³-hybridized carbons (Fsp3) is 0.714. The minimum absolute atomic E-state index is 0.0499. The van der Waals surface area contributed by atoms with Crippen molar-refractivity contribution >= 4 is 0 Å². The molecule has 0 amide bonds. The molecule has 1 aromatic heterocycles. The van der Waals surface area contributed by atoms with E-state index in [0.29, 0.717) is 11.6 Å². The van der Waals surface area contributed by atoms with Crippen molar-refractivity contribution in [1.29, 1.82) is 0 Å². The Morgan fingerprint density at radius 1 is 1.50 bits per heavy atom. The van der Waals surface area contributed by atoms with Gasteiger partial charge < -0.3 is 9.84 Å². The van der Waals surface area contributed by atoms with Gasteiger partial charge in [-0.05, 0) is 38.2 Å². The molecular formula is C14H22N2O2. The van der Waals surface area contributed by atoms with E-state index in [4.69, 9.17) is 4.74 Å². The van der Waals surface area contributed by atoms with Gasteiger partial charge in [-0.1, -0.05) is 13.3 Å². The van der Waals surface area contributed by atoms with Crippen molar-refractivity contribution in [3.8, 4) is 0 Å². The first-order chi connectivity index (χ1) is 8.59. The largest absolute Gasteiger partial charge is 0.390 e. The zero-order chi connectivity index (χ0) is 13.2. The monoisotopic (exact) mass is 250 g/mol. The summed E-state index contributed by atoms with van der Waals surface area (Å²) in [5.41, 5.74) is 1.19. The number of aromatic nitrogens is 2. The molecule has 2 atom stereocenters. The molecule has 1 aliphatic carbocycles. The summed E-state index contributed by atoms with van der Waals surface area (Å²) in [4.78, 5) is 9.00. The third kappa shape index (κ3) is 2.54. The van der Waals surface area contributed by atoms with Gasteiger partial charge in [-0.25, -0.2) is 9.97 Å². The lowest BCUT2D eigenvalue weighted by atomic mass is 9.78. The molecule has 1 saturated carbocycles. The van der Waals surface area contributed by atoms with Crippen molar-refractivity contribution < 1.29 is 9.84 Å². The van der Waals surface area contributed by atoms with Crippen LogP contribution >= 0.6 is 0 Å². The number of aryl methyl sites for hydroxylation is 1. The van der Waals surface area contributed by atoms with Gasteiger partial charge in [0.2, 0.25) is 0 Å². The van der Waals surface area contributed by atoms with Gasteiger partial charge in [0.1, 0.15) is 5.60 Å². The van der Waals surface area contributed by atoms with E-state index in [9.17, 15) is 5.11 Å². The van der Waals surface area contributed by atoms with Crippen LogP contribution in [0.15, 0.2) is 6.07 Å². The van der Waals surface area contributed by atoms with Crippen LogP contribution in [-0.4, -0.2) is 22.2 Å². The number of methoxy groups -OCH3 is 1. The molecule has 0 bridgehead atoms. The summed E-state index contributed by atoms with van der Waals surface area (Å²) >= 11 is 0. The lowest BCUT2D eigenvalue weighted by Gasteiger charge is -2.37. The Morgan fingerprint density at radius 3 is 2.89 bits per heavy atom. The van der Waals surface area contributed by atoms with Gasteiger partial charge in [0.25, 0.3) is 0 Å². The normalized spacial score (nSPS) is 28.3. The summed E-state index contributed by atoms with van der Waals surface area (Å²) in [5, 5.41) is 9.26. The summed E-state index contributed by atoms with van der Waals surface area (Å²) in [6, 6.07) is 1.82. The second kappa shape index (κ2) is 5.33. The quantitative estimate of drug-likeness (QED) is 0.894. The highest BCUT2D eigenvalue weighted by Crippen LogP contribution is 2.41. The van der Waals surface area contributed by atoms with Crippen molar-refractivity contribution in [3.63, 3.8) is 0 Å². The van der Waals surface area contributed by atoms with Crippen molar-refractivity contribution in [3.05, 3.63) is 23.3 Å². The van der Waals surface area contributed by atoms with Crippen LogP contribution < -0.4 is 0 Å². The highest BCUT2D eigenvalue weighted by molar-refractivity contribution is 5.14. The van der Waals surface area contributed by atoms with Crippen LogP contribution in [0.3, 0.4) is 0 Å². The van der Waals surface area contributed by atoms with Crippen LogP contribution in [0.4, 0.5) is 0 Å². The van der Waals surface area contributed by atoms with Crippen molar-refractivity contribution in [2.24, 2.45) is 5.92 Å². The molecule has 18 heavy (non-hydrogen) atoms. The molecule has 2 rings (SSSR count). The summed E-state index contributed by atoms with van der Waals surface area (Å²) in [5.74, 6) is 1.36. The van der Waals surface area contributed by atoms with E-state index in [1.807, 2.05) is 13.0 Å². The Kier molecular flexibility index (Phi) is 3.97. The molecule has 100 valence electrons. The molecule has 1 fully saturated rings. The molecule has 2 unspecified atom stereocenters. The van der Waals surface area contributed by atoms with E-state index < -0.39 is 0 Å². The smallest absolute Gasteiger partial charge is 0.160 e. The predicted octanol–water partition coefficient (Wildman–Crippen LogP) is 2.33. The number of nitrogens with zero attached hydrogens (tertiary/aromatic N) is 2. The highest BCUT2D eigenvalue weighted by Gasteiger charge is 2.39. The minimum Gasteiger partial charge on any atom is -0.390 e. The Labute approximate surface area is 108 Å². The van der Waals surface area contributed by atoms with Gasteiger partial charge in [-0.3, -0.25) is 0 Å².